The average molecular weight is 612 g/mol. The molecule has 0 bridgehead atoms. The number of nitrogens with one attached hydrogen (secondary N) is 3. The van der Waals surface area contributed by atoms with Crippen molar-refractivity contribution in [1.29, 1.82) is 5.41 Å². The van der Waals surface area contributed by atoms with Gasteiger partial charge >= 0.3 is 18.1 Å². The summed E-state index contributed by atoms with van der Waals surface area (Å²) in [6.07, 6.45) is -5.57. The Morgan fingerprint density at radius 2 is 1.62 bits per heavy atom. The number of carbonyl (C=O) groups is 5. The Labute approximate surface area is 241 Å². The largest absolute Gasteiger partial charge is 0.490 e. The molecule has 1 aliphatic heterocycles. The summed E-state index contributed by atoms with van der Waals surface area (Å²) in [6.45, 7) is 0.409. The second-order valence-electron chi connectivity index (χ2n) is 8.72. The molecule has 7 N–H and O–H groups in total. The predicted octanol–water partition coefficient (Wildman–Crippen LogP) is 2.10. The SMILES string of the molecule is N=C(N)c1ccc(CNC(=O)CCN2C(=O)[C@H](NC(=O)CCC(=O)O)CSc3ccccc32)cc1.O=C(O)C(F)(F)F. The lowest BCUT2D eigenvalue weighted by molar-refractivity contribution is -0.192. The number of nitrogens with two attached hydrogens (primary N) is 1. The summed E-state index contributed by atoms with van der Waals surface area (Å²) in [5, 5.41) is 28.8. The third-order valence-corrected chi connectivity index (χ3v) is 6.74. The van der Waals surface area contributed by atoms with Crippen molar-refractivity contribution >= 4 is 52.9 Å². The van der Waals surface area contributed by atoms with E-state index < -0.39 is 30.1 Å². The van der Waals surface area contributed by atoms with Crippen LogP contribution in [0.4, 0.5) is 18.9 Å². The first kappa shape index (κ1) is 33.6. The number of para-hydroxylation sites is 1. The Bertz CT molecular complexity index is 1320. The van der Waals surface area contributed by atoms with E-state index in [0.717, 1.165) is 10.5 Å². The molecule has 2 aromatic carbocycles. The van der Waals surface area contributed by atoms with Gasteiger partial charge in [-0.2, -0.15) is 13.2 Å². The highest BCUT2D eigenvalue weighted by atomic mass is 32.2. The normalized spacial score (nSPS) is 14.4. The summed E-state index contributed by atoms with van der Waals surface area (Å²) in [5.41, 5.74) is 7.56. The molecule has 0 saturated carbocycles. The lowest BCUT2D eigenvalue weighted by Crippen LogP contribution is -2.50. The van der Waals surface area contributed by atoms with E-state index in [2.05, 4.69) is 10.6 Å². The summed E-state index contributed by atoms with van der Waals surface area (Å²) in [4.78, 5) is 59.9. The number of rotatable bonds is 10. The van der Waals surface area contributed by atoms with Gasteiger partial charge < -0.3 is 31.5 Å². The maximum absolute atomic E-state index is 13.3. The van der Waals surface area contributed by atoms with Gasteiger partial charge in [-0.3, -0.25) is 24.6 Å². The molecule has 0 fully saturated rings. The van der Waals surface area contributed by atoms with Gasteiger partial charge in [0.05, 0.1) is 12.1 Å². The van der Waals surface area contributed by atoms with Gasteiger partial charge in [0.2, 0.25) is 17.7 Å². The maximum atomic E-state index is 13.3. The minimum Gasteiger partial charge on any atom is -0.481 e. The molecule has 1 atom stereocenters. The Hall–Kier alpha value is -4.60. The molecular weight excluding hydrogens is 583 g/mol. The molecule has 3 amide bonds. The number of hydrogen-bond donors (Lipinski definition) is 6. The fourth-order valence-electron chi connectivity index (χ4n) is 3.48. The van der Waals surface area contributed by atoms with Gasteiger partial charge in [0.15, 0.2) is 0 Å². The molecule has 0 radical (unpaired) electrons. The zero-order valence-electron chi connectivity index (χ0n) is 21.9. The van der Waals surface area contributed by atoms with Gasteiger partial charge in [-0.25, -0.2) is 4.79 Å². The fraction of sp³-hybridized carbons (Fsp3) is 0.308. The Morgan fingerprint density at radius 1 is 1.00 bits per heavy atom. The number of halogens is 3. The number of carboxylic acids is 2. The van der Waals surface area contributed by atoms with Crippen molar-refractivity contribution in [3.8, 4) is 0 Å². The molecule has 0 unspecified atom stereocenters. The molecule has 3 rings (SSSR count). The van der Waals surface area contributed by atoms with Crippen LogP contribution in [-0.2, 0) is 30.5 Å². The number of nitrogen functional groups attached to an aromatic ring is 1. The number of amides is 3. The van der Waals surface area contributed by atoms with E-state index in [1.54, 1.807) is 36.4 Å². The van der Waals surface area contributed by atoms with Gasteiger partial charge in [-0.15, -0.1) is 11.8 Å². The van der Waals surface area contributed by atoms with Crippen LogP contribution in [0.2, 0.25) is 0 Å². The van der Waals surface area contributed by atoms with Crippen molar-refractivity contribution < 1.29 is 47.4 Å². The number of alkyl halides is 3. The van der Waals surface area contributed by atoms with E-state index in [9.17, 15) is 32.3 Å². The summed E-state index contributed by atoms with van der Waals surface area (Å²) in [6, 6.07) is 13.5. The summed E-state index contributed by atoms with van der Waals surface area (Å²) >= 11 is 1.42. The van der Waals surface area contributed by atoms with E-state index in [1.165, 1.54) is 16.7 Å². The highest BCUT2D eigenvalue weighted by Gasteiger charge is 2.38. The zero-order chi connectivity index (χ0) is 31.4. The van der Waals surface area contributed by atoms with E-state index in [0.29, 0.717) is 23.5 Å². The van der Waals surface area contributed by atoms with Crippen LogP contribution < -0.4 is 21.3 Å². The molecule has 12 nitrogen and oxygen atoms in total. The highest BCUT2D eigenvalue weighted by Crippen LogP contribution is 2.34. The van der Waals surface area contributed by atoms with Crippen LogP contribution in [0, 0.1) is 5.41 Å². The molecule has 0 saturated heterocycles. The minimum atomic E-state index is -5.08. The van der Waals surface area contributed by atoms with Crippen LogP contribution in [0.3, 0.4) is 0 Å². The first-order chi connectivity index (χ1) is 19.7. The van der Waals surface area contributed by atoms with Crippen LogP contribution in [0.5, 0.6) is 0 Å². The number of carboxylic acid groups (broad SMARTS) is 2. The maximum Gasteiger partial charge on any atom is 0.490 e. The first-order valence-corrected chi connectivity index (χ1v) is 13.2. The average Bonchev–Trinajstić information content (AvgIpc) is 3.05. The monoisotopic (exact) mass is 611 g/mol. The van der Waals surface area contributed by atoms with Crippen molar-refractivity contribution in [3.05, 3.63) is 59.7 Å². The zero-order valence-corrected chi connectivity index (χ0v) is 22.8. The van der Waals surface area contributed by atoms with Crippen molar-refractivity contribution in [2.24, 2.45) is 5.73 Å². The smallest absolute Gasteiger partial charge is 0.481 e. The van der Waals surface area contributed by atoms with E-state index in [-0.39, 0.29) is 43.5 Å². The van der Waals surface area contributed by atoms with E-state index in [1.807, 2.05) is 12.1 Å². The van der Waals surface area contributed by atoms with Crippen LogP contribution in [0.25, 0.3) is 0 Å². The molecule has 16 heteroatoms. The first-order valence-electron chi connectivity index (χ1n) is 12.2. The van der Waals surface area contributed by atoms with Crippen molar-refractivity contribution in [2.45, 2.75) is 42.9 Å². The molecule has 0 spiro atoms. The van der Waals surface area contributed by atoms with Crippen LogP contribution >= 0.6 is 11.8 Å². The van der Waals surface area contributed by atoms with Crippen molar-refractivity contribution in [1.82, 2.24) is 10.6 Å². The highest BCUT2D eigenvalue weighted by molar-refractivity contribution is 7.99. The molecule has 1 heterocycles. The number of benzene rings is 2. The molecule has 0 aromatic heterocycles. The number of nitrogens with zero attached hydrogens (tertiary/aromatic N) is 1. The molecule has 226 valence electrons. The summed E-state index contributed by atoms with van der Waals surface area (Å²) in [5.74, 6) is -4.68. The van der Waals surface area contributed by atoms with Gasteiger partial charge in [-0.1, -0.05) is 36.4 Å². The van der Waals surface area contributed by atoms with Crippen LogP contribution in [0.1, 0.15) is 30.4 Å². The van der Waals surface area contributed by atoms with Crippen molar-refractivity contribution in [2.75, 3.05) is 17.2 Å². The van der Waals surface area contributed by atoms with Gasteiger partial charge in [-0.05, 0) is 17.7 Å². The number of fused-ring (bicyclic) bond motifs is 1. The third-order valence-electron chi connectivity index (χ3n) is 5.59. The van der Waals surface area contributed by atoms with E-state index in [4.69, 9.17) is 26.2 Å². The minimum absolute atomic E-state index is 0.0301. The lowest BCUT2D eigenvalue weighted by Gasteiger charge is -2.25. The fourth-order valence-corrected chi connectivity index (χ4v) is 4.55. The molecular formula is C26H28F3N5O7S. The molecule has 1 aliphatic rings. The Morgan fingerprint density at radius 3 is 2.19 bits per heavy atom. The number of anilines is 1. The molecule has 42 heavy (non-hydrogen) atoms. The number of carbonyl (C=O) groups excluding carboxylic acids is 3. The Kier molecular flexibility index (Phi) is 12.3. The number of aliphatic carboxylic acids is 2. The molecule has 0 aliphatic carbocycles. The van der Waals surface area contributed by atoms with Crippen molar-refractivity contribution in [3.63, 3.8) is 0 Å². The predicted molar refractivity (Wildman–Crippen MR) is 146 cm³/mol. The summed E-state index contributed by atoms with van der Waals surface area (Å²) in [7, 11) is 0. The van der Waals surface area contributed by atoms with E-state index >= 15 is 0 Å². The molecule has 2 aromatic rings. The number of amidine groups is 1. The van der Waals surface area contributed by atoms with Crippen LogP contribution in [-0.4, -0.2) is 70.2 Å². The van der Waals surface area contributed by atoms with Crippen LogP contribution in [0.15, 0.2) is 53.4 Å². The standard InChI is InChI=1S/C24H27N5O5S.C2HF3O2/c25-23(26)16-7-5-15(6-8-16)13-27-20(30)11-12-29-18-3-1-2-4-19(18)35-14-17(24(29)34)28-21(31)9-10-22(32)33;3-2(4,5)1(6)7/h1-8,17H,9-14H2,(H3,25,26)(H,27,30)(H,28,31)(H,32,33);(H,6,7)/t17-;/m1./s1. The topological polar surface area (TPSA) is 203 Å². The van der Waals surface area contributed by atoms with Gasteiger partial charge in [0, 0.05) is 42.1 Å². The summed E-state index contributed by atoms with van der Waals surface area (Å²) < 4.78 is 31.7. The third kappa shape index (κ3) is 10.8. The quantitative estimate of drug-likeness (QED) is 0.172. The second kappa shape index (κ2) is 15.4. The number of thioether (sulfide) groups is 1. The lowest BCUT2D eigenvalue weighted by atomic mass is 10.1. The number of hydrogen-bond acceptors (Lipinski definition) is 7. The van der Waals surface area contributed by atoms with Gasteiger partial charge in [0.1, 0.15) is 11.9 Å². The Balaban J connectivity index is 0.000000782. The second-order valence-corrected chi connectivity index (χ2v) is 9.78. The van der Waals surface area contributed by atoms with Gasteiger partial charge in [0.25, 0.3) is 0 Å².